The zero-order valence-electron chi connectivity index (χ0n) is 6.96. The van der Waals surface area contributed by atoms with Crippen molar-refractivity contribution in [1.29, 1.82) is 0 Å². The minimum absolute atomic E-state index is 0. The monoisotopic (exact) mass is 160 g/mol. The zero-order valence-corrected chi connectivity index (χ0v) is 8.96. The number of aromatic hydroxyl groups is 1. The summed E-state index contributed by atoms with van der Waals surface area (Å²) in [4.78, 5) is 0. The molecular formula is C8H11NNaO. The van der Waals surface area contributed by atoms with Crippen LogP contribution >= 0.6 is 0 Å². The Kier molecular flexibility index (Phi) is 5.38. The molecule has 0 saturated heterocycles. The van der Waals surface area contributed by atoms with Crippen LogP contribution in [-0.2, 0) is 0 Å². The maximum atomic E-state index is 9.00. The second-order valence-corrected chi connectivity index (χ2v) is 2.08. The van der Waals surface area contributed by atoms with Crippen LogP contribution in [0.15, 0.2) is 24.3 Å². The van der Waals surface area contributed by atoms with Crippen LogP contribution in [0.1, 0.15) is 6.92 Å². The Morgan fingerprint density at radius 3 is 2.73 bits per heavy atom. The van der Waals surface area contributed by atoms with Gasteiger partial charge in [0.25, 0.3) is 0 Å². The topological polar surface area (TPSA) is 32.3 Å². The van der Waals surface area contributed by atoms with Gasteiger partial charge in [0.05, 0.1) is 0 Å². The molecule has 1 rings (SSSR count). The summed E-state index contributed by atoms with van der Waals surface area (Å²) >= 11 is 0. The molecule has 0 saturated carbocycles. The van der Waals surface area contributed by atoms with Crippen molar-refractivity contribution in [3.8, 4) is 5.75 Å². The number of hydrogen-bond donors (Lipinski definition) is 2. The molecule has 0 fully saturated rings. The van der Waals surface area contributed by atoms with Crippen LogP contribution in [0.2, 0.25) is 0 Å². The third-order valence-corrected chi connectivity index (χ3v) is 1.23. The van der Waals surface area contributed by atoms with Gasteiger partial charge in [-0.25, -0.2) is 0 Å². The molecule has 2 nitrogen and oxygen atoms in total. The number of phenolic OH excluding ortho intramolecular Hbond substituents is 1. The molecule has 0 aromatic heterocycles. The summed E-state index contributed by atoms with van der Waals surface area (Å²) in [5.74, 6) is 0.304. The summed E-state index contributed by atoms with van der Waals surface area (Å²) in [5, 5.41) is 12.1. The van der Waals surface area contributed by atoms with Crippen molar-refractivity contribution in [3.63, 3.8) is 0 Å². The number of rotatable bonds is 2. The van der Waals surface area contributed by atoms with Gasteiger partial charge in [-0.2, -0.15) is 0 Å². The smallest absolute Gasteiger partial charge is 0.117 e. The first-order valence-corrected chi connectivity index (χ1v) is 3.36. The average molecular weight is 160 g/mol. The van der Waals surface area contributed by atoms with E-state index in [1.54, 1.807) is 12.1 Å². The second-order valence-electron chi connectivity index (χ2n) is 2.08. The van der Waals surface area contributed by atoms with Crippen LogP contribution < -0.4 is 5.32 Å². The largest absolute Gasteiger partial charge is 0.508 e. The summed E-state index contributed by atoms with van der Waals surface area (Å²) in [6.07, 6.45) is 0. The van der Waals surface area contributed by atoms with E-state index in [9.17, 15) is 0 Å². The van der Waals surface area contributed by atoms with Crippen LogP contribution in [0, 0.1) is 0 Å². The fourth-order valence-electron chi connectivity index (χ4n) is 0.820. The summed E-state index contributed by atoms with van der Waals surface area (Å²) in [6.45, 7) is 2.90. The Bertz CT molecular complexity index is 215. The molecule has 0 aliphatic heterocycles. The maximum absolute atomic E-state index is 9.00. The van der Waals surface area contributed by atoms with Gasteiger partial charge in [-0.3, -0.25) is 0 Å². The van der Waals surface area contributed by atoms with Crippen LogP contribution in [0.25, 0.3) is 0 Å². The molecule has 0 aliphatic rings. The van der Waals surface area contributed by atoms with E-state index in [0.717, 1.165) is 12.2 Å². The summed E-state index contributed by atoms with van der Waals surface area (Å²) < 4.78 is 0. The standard InChI is InChI=1S/C8H11NO.Na/c1-2-9-7-4-3-5-8(10)6-7;/h3-6,9-10H,2H2,1H3;. The minimum Gasteiger partial charge on any atom is -0.508 e. The van der Waals surface area contributed by atoms with E-state index < -0.39 is 0 Å². The first-order valence-electron chi connectivity index (χ1n) is 3.36. The van der Waals surface area contributed by atoms with E-state index >= 15 is 0 Å². The fourth-order valence-corrected chi connectivity index (χ4v) is 0.820. The molecule has 3 heteroatoms. The van der Waals surface area contributed by atoms with Gasteiger partial charge in [-0.15, -0.1) is 0 Å². The van der Waals surface area contributed by atoms with E-state index in [2.05, 4.69) is 5.32 Å². The average Bonchev–Trinajstić information content (AvgIpc) is 1.88. The van der Waals surface area contributed by atoms with Crippen molar-refractivity contribution in [2.75, 3.05) is 11.9 Å². The molecule has 1 aromatic rings. The molecule has 0 heterocycles. The van der Waals surface area contributed by atoms with Gasteiger partial charge in [0, 0.05) is 47.9 Å². The van der Waals surface area contributed by atoms with Gasteiger partial charge >= 0.3 is 0 Å². The van der Waals surface area contributed by atoms with Crippen molar-refractivity contribution >= 4 is 35.2 Å². The van der Waals surface area contributed by atoms with E-state index in [-0.39, 0.29) is 29.6 Å². The Morgan fingerprint density at radius 1 is 1.45 bits per heavy atom. The molecule has 2 N–H and O–H groups in total. The third-order valence-electron chi connectivity index (χ3n) is 1.23. The Balaban J connectivity index is 0.000001000. The minimum atomic E-state index is 0. The van der Waals surface area contributed by atoms with Crippen LogP contribution in [0.3, 0.4) is 0 Å². The predicted molar refractivity (Wildman–Crippen MR) is 48.0 cm³/mol. The van der Waals surface area contributed by atoms with Gasteiger partial charge in [0.1, 0.15) is 5.75 Å². The van der Waals surface area contributed by atoms with Gasteiger partial charge in [-0.1, -0.05) is 6.07 Å². The first kappa shape index (κ1) is 10.8. The quantitative estimate of drug-likeness (QED) is 0.641. The van der Waals surface area contributed by atoms with E-state index in [1.807, 2.05) is 19.1 Å². The van der Waals surface area contributed by atoms with Crippen LogP contribution in [-0.4, -0.2) is 41.2 Å². The first-order chi connectivity index (χ1) is 4.83. The van der Waals surface area contributed by atoms with E-state index in [4.69, 9.17) is 5.11 Å². The molecule has 55 valence electrons. The molecule has 0 spiro atoms. The normalized spacial score (nSPS) is 8.45. The summed E-state index contributed by atoms with van der Waals surface area (Å²) in [5.41, 5.74) is 0.961. The number of anilines is 1. The molecule has 0 aliphatic carbocycles. The Labute approximate surface area is 88.9 Å². The molecular weight excluding hydrogens is 149 g/mol. The van der Waals surface area contributed by atoms with Gasteiger partial charge in [-0.05, 0) is 19.1 Å². The zero-order chi connectivity index (χ0) is 7.40. The molecule has 0 atom stereocenters. The van der Waals surface area contributed by atoms with Crippen molar-refractivity contribution in [2.45, 2.75) is 6.92 Å². The SMILES string of the molecule is CCNc1cccc(O)c1.[Na]. The predicted octanol–water partition coefficient (Wildman–Crippen LogP) is 1.44. The van der Waals surface area contributed by atoms with Gasteiger partial charge in [0.15, 0.2) is 0 Å². The van der Waals surface area contributed by atoms with Gasteiger partial charge < -0.3 is 10.4 Å². The van der Waals surface area contributed by atoms with Crippen molar-refractivity contribution in [2.24, 2.45) is 0 Å². The second kappa shape index (κ2) is 5.47. The summed E-state index contributed by atoms with van der Waals surface area (Å²) in [6, 6.07) is 7.08. The van der Waals surface area contributed by atoms with Crippen molar-refractivity contribution in [3.05, 3.63) is 24.3 Å². The molecule has 1 aromatic carbocycles. The third kappa shape index (κ3) is 3.65. The van der Waals surface area contributed by atoms with Crippen molar-refractivity contribution < 1.29 is 5.11 Å². The number of phenols is 1. The van der Waals surface area contributed by atoms with Crippen LogP contribution in [0.4, 0.5) is 5.69 Å². The van der Waals surface area contributed by atoms with Gasteiger partial charge in [0.2, 0.25) is 0 Å². The fraction of sp³-hybridized carbons (Fsp3) is 0.250. The van der Waals surface area contributed by atoms with Crippen LogP contribution in [0.5, 0.6) is 5.75 Å². The number of benzene rings is 1. The van der Waals surface area contributed by atoms with E-state index in [0.29, 0.717) is 5.75 Å². The molecule has 11 heavy (non-hydrogen) atoms. The molecule has 1 radical (unpaired) electrons. The number of nitrogens with one attached hydrogen (secondary N) is 1. The molecule has 0 amide bonds. The Hall–Kier alpha value is -0.180. The molecule has 0 bridgehead atoms. The van der Waals surface area contributed by atoms with E-state index in [1.165, 1.54) is 0 Å². The Morgan fingerprint density at radius 2 is 2.18 bits per heavy atom. The number of hydrogen-bond acceptors (Lipinski definition) is 2. The molecule has 0 unspecified atom stereocenters. The maximum Gasteiger partial charge on any atom is 0.117 e. The van der Waals surface area contributed by atoms with Crippen molar-refractivity contribution in [1.82, 2.24) is 0 Å². The summed E-state index contributed by atoms with van der Waals surface area (Å²) in [7, 11) is 0.